The number of nitrogens with zero attached hydrogens (tertiary/aromatic N) is 2. The van der Waals surface area contributed by atoms with E-state index < -0.39 is 17.6 Å². The predicted octanol–water partition coefficient (Wildman–Crippen LogP) is 3.69. The lowest BCUT2D eigenvalue weighted by Crippen LogP contribution is -2.41. The van der Waals surface area contributed by atoms with Gasteiger partial charge in [0.25, 0.3) is 5.91 Å². The summed E-state index contributed by atoms with van der Waals surface area (Å²) in [7, 11) is 1.62. The number of aliphatic imine (C=N–C) groups is 1. The third-order valence-electron chi connectivity index (χ3n) is 4.81. The van der Waals surface area contributed by atoms with Crippen LogP contribution in [0.4, 0.5) is 13.2 Å². The summed E-state index contributed by atoms with van der Waals surface area (Å²) in [4.78, 5) is 16.2. The Morgan fingerprint density at radius 1 is 1.10 bits per heavy atom. The molecule has 1 aromatic carbocycles. The molecule has 0 aliphatic rings. The molecule has 2 aromatic rings. The van der Waals surface area contributed by atoms with E-state index in [-0.39, 0.29) is 12.1 Å². The standard InChI is InChI=1S/C21H28F3N5O2/c1-4-14(5-2)18-12-17(31-29-18)13-28-20(25-3)27-11-10-26-19(30)15-6-8-16(9-7-15)21(22,23)24/h6-9,12,14H,4-5,10-11,13H2,1-3H3,(H,26,30)(H2,25,27,28). The Morgan fingerprint density at radius 2 is 1.74 bits per heavy atom. The molecule has 1 amide bonds. The highest BCUT2D eigenvalue weighted by molar-refractivity contribution is 5.94. The molecule has 0 fully saturated rings. The van der Waals surface area contributed by atoms with Crippen LogP contribution < -0.4 is 16.0 Å². The van der Waals surface area contributed by atoms with Gasteiger partial charge in [-0.3, -0.25) is 9.79 Å². The first-order valence-electron chi connectivity index (χ1n) is 10.1. The number of hydrogen-bond donors (Lipinski definition) is 3. The zero-order valence-corrected chi connectivity index (χ0v) is 17.8. The molecule has 1 heterocycles. The van der Waals surface area contributed by atoms with Crippen molar-refractivity contribution in [1.82, 2.24) is 21.1 Å². The van der Waals surface area contributed by atoms with Gasteiger partial charge in [0.2, 0.25) is 0 Å². The van der Waals surface area contributed by atoms with Gasteiger partial charge < -0.3 is 20.5 Å². The highest BCUT2D eigenvalue weighted by Gasteiger charge is 2.30. The van der Waals surface area contributed by atoms with E-state index >= 15 is 0 Å². The summed E-state index contributed by atoms with van der Waals surface area (Å²) in [5, 5.41) is 12.9. The van der Waals surface area contributed by atoms with Gasteiger partial charge in [0, 0.05) is 37.7 Å². The minimum Gasteiger partial charge on any atom is -0.359 e. The summed E-state index contributed by atoms with van der Waals surface area (Å²) in [6, 6.07) is 6.01. The Morgan fingerprint density at radius 3 is 2.32 bits per heavy atom. The van der Waals surface area contributed by atoms with E-state index in [1.165, 1.54) is 0 Å². The molecule has 0 aliphatic carbocycles. The molecule has 170 valence electrons. The van der Waals surface area contributed by atoms with E-state index in [4.69, 9.17) is 4.52 Å². The molecule has 1 aromatic heterocycles. The van der Waals surface area contributed by atoms with Crippen molar-refractivity contribution < 1.29 is 22.5 Å². The first-order valence-corrected chi connectivity index (χ1v) is 10.1. The molecule has 0 spiro atoms. The lowest BCUT2D eigenvalue weighted by molar-refractivity contribution is -0.137. The first kappa shape index (κ1) is 24.2. The largest absolute Gasteiger partial charge is 0.416 e. The summed E-state index contributed by atoms with van der Waals surface area (Å²) in [6.07, 6.45) is -2.43. The molecule has 7 nitrogen and oxygen atoms in total. The summed E-state index contributed by atoms with van der Waals surface area (Å²) >= 11 is 0. The van der Waals surface area contributed by atoms with E-state index in [0.29, 0.717) is 30.7 Å². The fraction of sp³-hybridized carbons (Fsp3) is 0.476. The van der Waals surface area contributed by atoms with Crippen molar-refractivity contribution in [3.05, 3.63) is 52.9 Å². The van der Waals surface area contributed by atoms with E-state index in [1.54, 1.807) is 7.05 Å². The molecule has 0 bridgehead atoms. The van der Waals surface area contributed by atoms with Gasteiger partial charge in [-0.25, -0.2) is 0 Å². The monoisotopic (exact) mass is 439 g/mol. The minimum absolute atomic E-state index is 0.161. The molecule has 0 atom stereocenters. The fourth-order valence-electron chi connectivity index (χ4n) is 2.97. The lowest BCUT2D eigenvalue weighted by Gasteiger charge is -2.12. The number of benzene rings is 1. The molecule has 31 heavy (non-hydrogen) atoms. The number of halogens is 3. The van der Waals surface area contributed by atoms with Crippen LogP contribution >= 0.6 is 0 Å². The maximum atomic E-state index is 12.6. The van der Waals surface area contributed by atoms with Gasteiger partial charge >= 0.3 is 6.18 Å². The lowest BCUT2D eigenvalue weighted by atomic mass is 9.99. The quantitative estimate of drug-likeness (QED) is 0.315. The highest BCUT2D eigenvalue weighted by Crippen LogP contribution is 2.29. The maximum absolute atomic E-state index is 12.6. The number of alkyl halides is 3. The minimum atomic E-state index is -4.43. The third-order valence-corrected chi connectivity index (χ3v) is 4.81. The zero-order valence-electron chi connectivity index (χ0n) is 17.8. The molecule has 0 radical (unpaired) electrons. The van der Waals surface area contributed by atoms with Crippen molar-refractivity contribution in [3.8, 4) is 0 Å². The number of carbonyl (C=O) groups excluding carboxylic acids is 1. The number of carbonyl (C=O) groups is 1. The van der Waals surface area contributed by atoms with Crippen LogP contribution in [0.3, 0.4) is 0 Å². The van der Waals surface area contributed by atoms with Gasteiger partial charge in [-0.05, 0) is 37.1 Å². The number of nitrogens with one attached hydrogen (secondary N) is 3. The van der Waals surface area contributed by atoms with Crippen molar-refractivity contribution in [3.63, 3.8) is 0 Å². The SMILES string of the molecule is CCC(CC)c1cc(CNC(=NC)NCCNC(=O)c2ccc(C(F)(F)F)cc2)on1. The Balaban J connectivity index is 1.74. The van der Waals surface area contributed by atoms with Crippen LogP contribution in [0, 0.1) is 0 Å². The summed E-state index contributed by atoms with van der Waals surface area (Å²) < 4.78 is 43.1. The molecule has 10 heteroatoms. The number of hydrogen-bond acceptors (Lipinski definition) is 4. The van der Waals surface area contributed by atoms with E-state index in [2.05, 4.69) is 39.9 Å². The third kappa shape index (κ3) is 7.30. The molecular weight excluding hydrogens is 411 g/mol. The summed E-state index contributed by atoms with van der Waals surface area (Å²) in [5.41, 5.74) is 0.309. The topological polar surface area (TPSA) is 91.6 Å². The highest BCUT2D eigenvalue weighted by atomic mass is 19.4. The van der Waals surface area contributed by atoms with Crippen LogP contribution in [0.5, 0.6) is 0 Å². The van der Waals surface area contributed by atoms with Crippen LogP contribution in [0.2, 0.25) is 0 Å². The molecule has 0 aliphatic heterocycles. The Bertz CT molecular complexity index is 859. The second-order valence-electron chi connectivity index (χ2n) is 6.92. The Hall–Kier alpha value is -3.04. The summed E-state index contributed by atoms with van der Waals surface area (Å²) in [5.74, 6) is 1.14. The zero-order chi connectivity index (χ0) is 22.9. The van der Waals surface area contributed by atoms with Crippen molar-refractivity contribution in [2.24, 2.45) is 4.99 Å². The van der Waals surface area contributed by atoms with Gasteiger partial charge in [0.1, 0.15) is 0 Å². The van der Waals surface area contributed by atoms with Crippen LogP contribution in [0.1, 0.15) is 60.0 Å². The van der Waals surface area contributed by atoms with Crippen molar-refractivity contribution in [2.45, 2.75) is 45.3 Å². The first-order chi connectivity index (χ1) is 14.8. The molecule has 3 N–H and O–H groups in total. The number of aromatic nitrogens is 1. The average molecular weight is 439 g/mol. The summed E-state index contributed by atoms with van der Waals surface area (Å²) in [6.45, 7) is 5.28. The molecular formula is C21H28F3N5O2. The molecule has 2 rings (SSSR count). The molecule has 0 unspecified atom stereocenters. The van der Waals surface area contributed by atoms with Crippen molar-refractivity contribution in [2.75, 3.05) is 20.1 Å². The van der Waals surface area contributed by atoms with Gasteiger partial charge in [-0.2, -0.15) is 13.2 Å². The average Bonchev–Trinajstić information content (AvgIpc) is 3.22. The van der Waals surface area contributed by atoms with Crippen LogP contribution in [-0.4, -0.2) is 37.2 Å². The maximum Gasteiger partial charge on any atom is 0.416 e. The van der Waals surface area contributed by atoms with E-state index in [0.717, 1.165) is 42.8 Å². The van der Waals surface area contributed by atoms with Crippen LogP contribution in [0.15, 0.2) is 39.8 Å². The fourth-order valence-corrected chi connectivity index (χ4v) is 2.97. The predicted molar refractivity (Wildman–Crippen MR) is 112 cm³/mol. The van der Waals surface area contributed by atoms with Gasteiger partial charge in [-0.1, -0.05) is 19.0 Å². The van der Waals surface area contributed by atoms with E-state index in [1.807, 2.05) is 6.07 Å². The van der Waals surface area contributed by atoms with E-state index in [9.17, 15) is 18.0 Å². The Kier molecular flexibility index (Phi) is 8.89. The number of amides is 1. The van der Waals surface area contributed by atoms with Gasteiger partial charge in [0.15, 0.2) is 11.7 Å². The van der Waals surface area contributed by atoms with Crippen LogP contribution in [0.25, 0.3) is 0 Å². The van der Waals surface area contributed by atoms with Gasteiger partial charge in [0.05, 0.1) is 17.8 Å². The second kappa shape index (κ2) is 11.4. The van der Waals surface area contributed by atoms with Crippen molar-refractivity contribution in [1.29, 1.82) is 0 Å². The van der Waals surface area contributed by atoms with Crippen molar-refractivity contribution >= 4 is 11.9 Å². The Labute approximate surface area is 179 Å². The second-order valence-corrected chi connectivity index (χ2v) is 6.92. The molecule has 0 saturated carbocycles. The molecule has 0 saturated heterocycles. The number of rotatable bonds is 9. The number of guanidine groups is 1. The van der Waals surface area contributed by atoms with Crippen LogP contribution in [-0.2, 0) is 12.7 Å². The van der Waals surface area contributed by atoms with Gasteiger partial charge in [-0.15, -0.1) is 0 Å². The normalized spacial score (nSPS) is 12.2. The smallest absolute Gasteiger partial charge is 0.359 e.